The van der Waals surface area contributed by atoms with Gasteiger partial charge in [-0.2, -0.15) is 0 Å². The molecule has 4 atom stereocenters. The Labute approximate surface area is 231 Å². The maximum absolute atomic E-state index is 12.0. The van der Waals surface area contributed by atoms with Gasteiger partial charge in [-0.25, -0.2) is 4.79 Å². The SMILES string of the molecule is CCOC(=O)c1ccc(Sc2cc3nc(c2)CN[C@@H]2CCCC[C@H]2NCCNC2CCCCC2NC3)cc1. The van der Waals surface area contributed by atoms with Crippen molar-refractivity contribution < 1.29 is 9.53 Å². The number of nitrogens with zero attached hydrogens (tertiary/aromatic N) is 1. The Morgan fingerprint density at radius 3 is 1.79 bits per heavy atom. The van der Waals surface area contributed by atoms with Gasteiger partial charge in [0, 0.05) is 60.1 Å². The lowest BCUT2D eigenvalue weighted by atomic mass is 9.89. The van der Waals surface area contributed by atoms with Crippen LogP contribution < -0.4 is 21.3 Å². The number of nitrogens with one attached hydrogen (secondary N) is 4. The lowest BCUT2D eigenvalue weighted by Crippen LogP contribution is -2.53. The van der Waals surface area contributed by atoms with Crippen molar-refractivity contribution in [3.05, 3.63) is 53.3 Å². The van der Waals surface area contributed by atoms with Gasteiger partial charge in [0.25, 0.3) is 0 Å². The zero-order chi connectivity index (χ0) is 26.2. The Morgan fingerprint density at radius 1 is 0.789 bits per heavy atom. The molecule has 0 spiro atoms. The Bertz CT molecular complexity index is 1000. The van der Waals surface area contributed by atoms with Crippen LogP contribution in [0.25, 0.3) is 0 Å². The highest BCUT2D eigenvalue weighted by Gasteiger charge is 2.27. The Hall–Kier alpha value is -1.97. The average molecular weight is 538 g/mol. The molecule has 8 heteroatoms. The van der Waals surface area contributed by atoms with E-state index in [0.717, 1.165) is 42.5 Å². The van der Waals surface area contributed by atoms with Gasteiger partial charge in [0.1, 0.15) is 0 Å². The molecular formula is C30H43N5O2S. The molecule has 1 aliphatic heterocycles. The standard InChI is InChI=1S/C30H43N5O2S/c1-2-37-30(36)21-11-13-24(14-12-21)38-25-17-22-19-33-28-9-5-3-7-26(28)31-15-16-32-27-8-4-6-10-29(27)34-20-23(18-25)35-22/h11-14,17-18,26-29,31-34H,2-10,15-16,19-20H2,1H3/t26-,27?,28-,29?/m1/s1. The van der Waals surface area contributed by atoms with Gasteiger partial charge in [-0.05, 0) is 69.0 Å². The van der Waals surface area contributed by atoms with Gasteiger partial charge >= 0.3 is 5.97 Å². The van der Waals surface area contributed by atoms with Crippen molar-refractivity contribution in [1.29, 1.82) is 0 Å². The maximum Gasteiger partial charge on any atom is 0.338 e. The predicted octanol–water partition coefficient (Wildman–Crippen LogP) is 4.40. The fourth-order valence-corrected chi connectivity index (χ4v) is 7.03. The normalized spacial score (nSPS) is 26.8. The first-order chi connectivity index (χ1) is 18.7. The zero-order valence-corrected chi connectivity index (χ0v) is 23.5. The highest BCUT2D eigenvalue weighted by molar-refractivity contribution is 7.99. The minimum atomic E-state index is -0.273. The van der Waals surface area contributed by atoms with E-state index in [1.807, 2.05) is 31.2 Å². The van der Waals surface area contributed by atoms with E-state index in [-0.39, 0.29) is 5.97 Å². The largest absolute Gasteiger partial charge is 0.462 e. The second-order valence-electron chi connectivity index (χ2n) is 10.8. The molecule has 2 heterocycles. The maximum atomic E-state index is 12.0. The Balaban J connectivity index is 1.35. The average Bonchev–Trinajstić information content (AvgIpc) is 2.94. The molecule has 7 nitrogen and oxygen atoms in total. The van der Waals surface area contributed by atoms with Gasteiger partial charge in [-0.3, -0.25) is 4.98 Å². The van der Waals surface area contributed by atoms with E-state index in [1.54, 1.807) is 11.8 Å². The summed E-state index contributed by atoms with van der Waals surface area (Å²) in [5, 5.41) is 15.4. The third-order valence-electron chi connectivity index (χ3n) is 8.07. The molecule has 2 bridgehead atoms. The van der Waals surface area contributed by atoms with E-state index in [1.165, 1.54) is 56.3 Å². The molecule has 0 amide bonds. The van der Waals surface area contributed by atoms with Crippen LogP contribution in [-0.4, -0.2) is 54.8 Å². The van der Waals surface area contributed by atoms with E-state index in [4.69, 9.17) is 9.72 Å². The number of ether oxygens (including phenoxy) is 1. The highest BCUT2D eigenvalue weighted by Crippen LogP contribution is 2.30. The molecule has 38 heavy (non-hydrogen) atoms. The summed E-state index contributed by atoms with van der Waals surface area (Å²) in [5.74, 6) is -0.273. The molecule has 3 aliphatic rings. The van der Waals surface area contributed by atoms with Crippen LogP contribution in [0.5, 0.6) is 0 Å². The van der Waals surface area contributed by atoms with Crippen LogP contribution in [0.15, 0.2) is 46.2 Å². The van der Waals surface area contributed by atoms with Crippen molar-refractivity contribution in [3.63, 3.8) is 0 Å². The van der Waals surface area contributed by atoms with Gasteiger partial charge in [-0.1, -0.05) is 37.4 Å². The summed E-state index contributed by atoms with van der Waals surface area (Å²) in [5.41, 5.74) is 2.77. The molecule has 1 aromatic heterocycles. The van der Waals surface area contributed by atoms with E-state index in [0.29, 0.717) is 36.3 Å². The fraction of sp³-hybridized carbons (Fsp3) is 0.600. The van der Waals surface area contributed by atoms with Crippen LogP contribution in [0.1, 0.15) is 80.0 Å². The number of fused-ring (bicyclic) bond motifs is 4. The first-order valence-electron chi connectivity index (χ1n) is 14.6. The van der Waals surface area contributed by atoms with Crippen molar-refractivity contribution in [3.8, 4) is 0 Å². The van der Waals surface area contributed by atoms with Gasteiger partial charge in [0.2, 0.25) is 0 Å². The van der Waals surface area contributed by atoms with E-state index < -0.39 is 0 Å². The Morgan fingerprint density at radius 2 is 1.29 bits per heavy atom. The molecule has 0 saturated heterocycles. The molecule has 4 N–H and O–H groups in total. The Kier molecular flexibility index (Phi) is 10.1. The summed E-state index contributed by atoms with van der Waals surface area (Å²) in [6.45, 7) is 5.80. The number of rotatable bonds is 4. The molecule has 2 aromatic rings. The summed E-state index contributed by atoms with van der Waals surface area (Å²) < 4.78 is 5.13. The molecule has 2 aliphatic carbocycles. The van der Waals surface area contributed by atoms with Crippen LogP contribution >= 0.6 is 11.8 Å². The van der Waals surface area contributed by atoms with Crippen LogP contribution in [0, 0.1) is 0 Å². The van der Waals surface area contributed by atoms with E-state index in [2.05, 4.69) is 33.4 Å². The van der Waals surface area contributed by atoms with Gasteiger partial charge in [0.05, 0.1) is 23.6 Å². The van der Waals surface area contributed by atoms with Crippen molar-refractivity contribution in [2.75, 3.05) is 19.7 Å². The monoisotopic (exact) mass is 537 g/mol. The second kappa shape index (κ2) is 13.9. The fourth-order valence-electron chi connectivity index (χ4n) is 6.09. The topological polar surface area (TPSA) is 87.3 Å². The summed E-state index contributed by atoms with van der Waals surface area (Å²) >= 11 is 1.72. The minimum Gasteiger partial charge on any atom is -0.462 e. The second-order valence-corrected chi connectivity index (χ2v) is 11.9. The van der Waals surface area contributed by atoms with Crippen molar-refractivity contribution in [1.82, 2.24) is 26.3 Å². The minimum absolute atomic E-state index is 0.273. The molecule has 206 valence electrons. The lowest BCUT2D eigenvalue weighted by molar-refractivity contribution is 0.0526. The smallest absolute Gasteiger partial charge is 0.338 e. The third-order valence-corrected chi connectivity index (χ3v) is 9.05. The lowest BCUT2D eigenvalue weighted by Gasteiger charge is -2.34. The quantitative estimate of drug-likeness (QED) is 0.427. The van der Waals surface area contributed by atoms with Gasteiger partial charge in [0.15, 0.2) is 0 Å². The summed E-state index contributed by atoms with van der Waals surface area (Å²) in [6.07, 6.45) is 10.1. The molecule has 0 radical (unpaired) electrons. The van der Waals surface area contributed by atoms with Crippen LogP contribution in [-0.2, 0) is 17.8 Å². The first kappa shape index (κ1) is 27.6. The summed E-state index contributed by atoms with van der Waals surface area (Å²) in [6, 6.07) is 14.1. The number of benzene rings is 1. The van der Waals surface area contributed by atoms with Gasteiger partial charge in [-0.15, -0.1) is 0 Å². The molecule has 5 rings (SSSR count). The number of carbonyl (C=O) groups is 1. The number of aromatic nitrogens is 1. The predicted molar refractivity (Wildman–Crippen MR) is 153 cm³/mol. The number of hydrogen-bond donors (Lipinski definition) is 4. The molecular weight excluding hydrogens is 494 g/mol. The number of hydrogen-bond acceptors (Lipinski definition) is 8. The van der Waals surface area contributed by atoms with Gasteiger partial charge < -0.3 is 26.0 Å². The van der Waals surface area contributed by atoms with Crippen LogP contribution in [0.3, 0.4) is 0 Å². The number of esters is 1. The number of carbonyl (C=O) groups excluding carboxylic acids is 1. The van der Waals surface area contributed by atoms with Crippen LogP contribution in [0.2, 0.25) is 0 Å². The van der Waals surface area contributed by atoms with Crippen LogP contribution in [0.4, 0.5) is 0 Å². The van der Waals surface area contributed by atoms with E-state index >= 15 is 0 Å². The molecule has 2 fully saturated rings. The highest BCUT2D eigenvalue weighted by atomic mass is 32.2. The summed E-state index contributed by atoms with van der Waals surface area (Å²) in [4.78, 5) is 19.4. The zero-order valence-electron chi connectivity index (χ0n) is 22.6. The molecule has 2 saturated carbocycles. The van der Waals surface area contributed by atoms with Crippen molar-refractivity contribution in [2.24, 2.45) is 0 Å². The summed E-state index contributed by atoms with van der Waals surface area (Å²) in [7, 11) is 0. The van der Waals surface area contributed by atoms with E-state index in [9.17, 15) is 4.79 Å². The third kappa shape index (κ3) is 7.57. The number of pyridine rings is 1. The van der Waals surface area contributed by atoms with Crippen molar-refractivity contribution >= 4 is 17.7 Å². The first-order valence-corrected chi connectivity index (χ1v) is 15.4. The van der Waals surface area contributed by atoms with Crippen molar-refractivity contribution in [2.45, 2.75) is 105 Å². The molecule has 1 aromatic carbocycles. The molecule has 2 unspecified atom stereocenters.